The van der Waals surface area contributed by atoms with Gasteiger partial charge in [0, 0.05) is 19.3 Å². The molecule has 1 aromatic rings. The molecule has 0 saturated carbocycles. The number of nitrogen functional groups attached to an aromatic ring is 1. The monoisotopic (exact) mass is 266 g/mol. The van der Waals surface area contributed by atoms with Crippen molar-refractivity contribution in [3.63, 3.8) is 0 Å². The van der Waals surface area contributed by atoms with Gasteiger partial charge in [0.25, 0.3) is 5.91 Å². The van der Waals surface area contributed by atoms with E-state index in [9.17, 15) is 4.79 Å². The lowest BCUT2D eigenvalue weighted by Crippen LogP contribution is -2.29. The summed E-state index contributed by atoms with van der Waals surface area (Å²) in [5, 5.41) is 0. The summed E-state index contributed by atoms with van der Waals surface area (Å²) in [5.41, 5.74) is 2.61. The minimum atomic E-state index is -0.301. The van der Waals surface area contributed by atoms with Gasteiger partial charge in [-0.05, 0) is 43.5 Å². The predicted molar refractivity (Wildman–Crippen MR) is 73.9 cm³/mol. The number of ether oxygens (including phenoxy) is 2. The van der Waals surface area contributed by atoms with E-state index < -0.39 is 0 Å². The molecule has 0 heterocycles. The zero-order valence-electron chi connectivity index (χ0n) is 11.4. The number of hydrogen-bond acceptors (Lipinski definition) is 4. The Morgan fingerprint density at radius 1 is 1.11 bits per heavy atom. The van der Waals surface area contributed by atoms with Crippen molar-refractivity contribution in [2.45, 2.75) is 25.7 Å². The van der Waals surface area contributed by atoms with Gasteiger partial charge >= 0.3 is 0 Å². The Hall–Kier alpha value is -1.59. The topological polar surface area (TPSA) is 73.6 Å². The van der Waals surface area contributed by atoms with Crippen LogP contribution < -0.4 is 16.0 Å². The first-order valence-corrected chi connectivity index (χ1v) is 6.50. The van der Waals surface area contributed by atoms with E-state index in [0.717, 1.165) is 38.0 Å². The number of hydrogen-bond donors (Lipinski definition) is 2. The second kappa shape index (κ2) is 9.35. The first kappa shape index (κ1) is 15.5. The van der Waals surface area contributed by atoms with Gasteiger partial charge in [-0.15, -0.1) is 0 Å². The number of benzene rings is 1. The summed E-state index contributed by atoms with van der Waals surface area (Å²) in [6.45, 7) is 1.51. The van der Waals surface area contributed by atoms with Crippen molar-refractivity contribution >= 4 is 5.91 Å². The molecule has 0 fully saturated rings. The van der Waals surface area contributed by atoms with Crippen molar-refractivity contribution in [1.29, 1.82) is 0 Å². The highest BCUT2D eigenvalue weighted by atomic mass is 16.5. The average Bonchev–Trinajstić information content (AvgIpc) is 2.46. The van der Waals surface area contributed by atoms with Crippen LogP contribution in [-0.4, -0.2) is 26.2 Å². The third-order valence-corrected chi connectivity index (χ3v) is 2.76. The lowest BCUT2D eigenvalue weighted by atomic mass is 10.2. The van der Waals surface area contributed by atoms with Crippen molar-refractivity contribution in [3.8, 4) is 5.75 Å². The van der Waals surface area contributed by atoms with Gasteiger partial charge in [-0.25, -0.2) is 5.84 Å². The Balaban J connectivity index is 2.18. The molecular weight excluding hydrogens is 244 g/mol. The summed E-state index contributed by atoms with van der Waals surface area (Å²) in [7, 11) is 1.72. The zero-order chi connectivity index (χ0) is 13.9. The van der Waals surface area contributed by atoms with E-state index in [-0.39, 0.29) is 5.91 Å². The molecule has 0 aliphatic carbocycles. The maximum Gasteiger partial charge on any atom is 0.265 e. The van der Waals surface area contributed by atoms with Crippen LogP contribution in [0, 0.1) is 0 Å². The van der Waals surface area contributed by atoms with Crippen molar-refractivity contribution in [1.82, 2.24) is 5.43 Å². The number of nitrogens with two attached hydrogens (primary N) is 1. The van der Waals surface area contributed by atoms with Crippen molar-refractivity contribution in [2.75, 3.05) is 20.3 Å². The molecule has 106 valence electrons. The molecular formula is C14H22N2O3. The van der Waals surface area contributed by atoms with E-state index in [1.165, 1.54) is 0 Å². The van der Waals surface area contributed by atoms with Crippen LogP contribution in [0.4, 0.5) is 0 Å². The molecule has 0 unspecified atom stereocenters. The number of rotatable bonds is 9. The molecule has 1 amide bonds. The van der Waals surface area contributed by atoms with Crippen molar-refractivity contribution in [2.24, 2.45) is 5.84 Å². The Morgan fingerprint density at radius 3 is 2.32 bits per heavy atom. The molecule has 0 aliphatic rings. The van der Waals surface area contributed by atoms with Gasteiger partial charge in [-0.2, -0.15) is 0 Å². The first-order chi connectivity index (χ1) is 9.27. The molecule has 1 rings (SSSR count). The third-order valence-electron chi connectivity index (χ3n) is 2.76. The van der Waals surface area contributed by atoms with Crippen LogP contribution in [0.5, 0.6) is 5.75 Å². The van der Waals surface area contributed by atoms with E-state index in [2.05, 4.69) is 5.43 Å². The van der Waals surface area contributed by atoms with Gasteiger partial charge in [-0.3, -0.25) is 10.2 Å². The van der Waals surface area contributed by atoms with Gasteiger partial charge in [0.1, 0.15) is 5.75 Å². The molecule has 3 N–H and O–H groups in total. The molecule has 0 aromatic heterocycles. The Labute approximate surface area is 114 Å². The minimum absolute atomic E-state index is 0.301. The highest BCUT2D eigenvalue weighted by molar-refractivity contribution is 5.93. The summed E-state index contributed by atoms with van der Waals surface area (Å²) < 4.78 is 10.6. The number of amides is 1. The van der Waals surface area contributed by atoms with Crippen LogP contribution in [0.15, 0.2) is 24.3 Å². The smallest absolute Gasteiger partial charge is 0.265 e. The van der Waals surface area contributed by atoms with Gasteiger partial charge in [-0.1, -0.05) is 6.42 Å². The number of unbranched alkanes of at least 4 members (excludes halogenated alkanes) is 3. The normalized spacial score (nSPS) is 10.2. The van der Waals surface area contributed by atoms with Crippen LogP contribution in [0.2, 0.25) is 0 Å². The Kier molecular flexibility index (Phi) is 7.62. The molecule has 5 nitrogen and oxygen atoms in total. The Morgan fingerprint density at radius 2 is 1.74 bits per heavy atom. The van der Waals surface area contributed by atoms with E-state index >= 15 is 0 Å². The molecule has 0 atom stereocenters. The maximum atomic E-state index is 11.2. The lowest BCUT2D eigenvalue weighted by molar-refractivity contribution is 0.0953. The molecule has 0 spiro atoms. The minimum Gasteiger partial charge on any atom is -0.494 e. The van der Waals surface area contributed by atoms with Gasteiger partial charge < -0.3 is 9.47 Å². The number of carbonyl (C=O) groups is 1. The zero-order valence-corrected chi connectivity index (χ0v) is 11.4. The maximum absolute atomic E-state index is 11.2. The second-order valence-corrected chi connectivity index (χ2v) is 4.25. The highest BCUT2D eigenvalue weighted by Crippen LogP contribution is 2.13. The van der Waals surface area contributed by atoms with E-state index in [0.29, 0.717) is 12.2 Å². The number of nitrogens with one attached hydrogen (secondary N) is 1. The van der Waals surface area contributed by atoms with Crippen LogP contribution in [0.1, 0.15) is 36.0 Å². The quantitative estimate of drug-likeness (QED) is 0.310. The fourth-order valence-corrected chi connectivity index (χ4v) is 1.68. The summed E-state index contributed by atoms with van der Waals surface area (Å²) in [5.74, 6) is 5.52. The van der Waals surface area contributed by atoms with Gasteiger partial charge in [0.15, 0.2) is 0 Å². The molecule has 0 bridgehead atoms. The van der Waals surface area contributed by atoms with Crippen molar-refractivity contribution < 1.29 is 14.3 Å². The standard InChI is InChI=1S/C14H22N2O3/c1-18-10-4-2-3-5-11-19-13-8-6-12(7-9-13)14(17)16-15/h6-9H,2-5,10-11,15H2,1H3,(H,16,17). The largest absolute Gasteiger partial charge is 0.494 e. The summed E-state index contributed by atoms with van der Waals surface area (Å²) in [6.07, 6.45) is 4.41. The van der Waals surface area contributed by atoms with E-state index in [1.54, 1.807) is 31.4 Å². The molecule has 1 aromatic carbocycles. The molecule has 5 heteroatoms. The summed E-state index contributed by atoms with van der Waals surface area (Å²) in [6, 6.07) is 6.93. The summed E-state index contributed by atoms with van der Waals surface area (Å²) >= 11 is 0. The first-order valence-electron chi connectivity index (χ1n) is 6.50. The van der Waals surface area contributed by atoms with Crippen molar-refractivity contribution in [3.05, 3.63) is 29.8 Å². The highest BCUT2D eigenvalue weighted by Gasteiger charge is 2.02. The van der Waals surface area contributed by atoms with Crippen LogP contribution in [0.25, 0.3) is 0 Å². The number of carbonyl (C=O) groups excluding carboxylic acids is 1. The Bertz CT molecular complexity index is 365. The second-order valence-electron chi connectivity index (χ2n) is 4.25. The molecule has 0 saturated heterocycles. The third kappa shape index (κ3) is 6.22. The lowest BCUT2D eigenvalue weighted by Gasteiger charge is -2.07. The molecule has 0 aliphatic heterocycles. The average molecular weight is 266 g/mol. The molecule has 19 heavy (non-hydrogen) atoms. The van der Waals surface area contributed by atoms with Gasteiger partial charge in [0.05, 0.1) is 6.61 Å². The SMILES string of the molecule is COCCCCCCOc1ccc(C(=O)NN)cc1. The van der Waals surface area contributed by atoms with Crippen LogP contribution in [-0.2, 0) is 4.74 Å². The van der Waals surface area contributed by atoms with Crippen LogP contribution >= 0.6 is 0 Å². The fourth-order valence-electron chi connectivity index (χ4n) is 1.68. The summed E-state index contributed by atoms with van der Waals surface area (Å²) in [4.78, 5) is 11.2. The van der Waals surface area contributed by atoms with E-state index in [4.69, 9.17) is 15.3 Å². The van der Waals surface area contributed by atoms with Gasteiger partial charge in [0.2, 0.25) is 0 Å². The van der Waals surface area contributed by atoms with Crippen LogP contribution in [0.3, 0.4) is 0 Å². The number of methoxy groups -OCH3 is 1. The van der Waals surface area contributed by atoms with E-state index in [1.807, 2.05) is 0 Å². The fraction of sp³-hybridized carbons (Fsp3) is 0.500. The molecule has 0 radical (unpaired) electrons. The predicted octanol–water partition coefficient (Wildman–Crippen LogP) is 1.88. The number of hydrazine groups is 1.